The van der Waals surface area contributed by atoms with Gasteiger partial charge in [0.15, 0.2) is 0 Å². The number of hydrogen-bond acceptors (Lipinski definition) is 3. The normalized spacial score (nSPS) is 28.0. The fraction of sp³-hybridized carbons (Fsp3) is 0.500. The van der Waals surface area contributed by atoms with Gasteiger partial charge in [-0.2, -0.15) is 0 Å². The van der Waals surface area contributed by atoms with Crippen LogP contribution < -0.4 is 11.1 Å². The topological polar surface area (TPSA) is 58.4 Å². The first-order valence-electron chi connectivity index (χ1n) is 6.59. The molecule has 4 nitrogen and oxygen atoms in total. The summed E-state index contributed by atoms with van der Waals surface area (Å²) in [6, 6.07) is 8.22. The Hall–Kier alpha value is -1.39. The van der Waals surface area contributed by atoms with E-state index in [0.717, 1.165) is 44.6 Å². The van der Waals surface area contributed by atoms with Crippen LogP contribution in [0.2, 0.25) is 0 Å². The molecule has 1 fully saturated rings. The zero-order valence-electron chi connectivity index (χ0n) is 10.5. The number of rotatable bonds is 2. The van der Waals surface area contributed by atoms with Crippen LogP contribution >= 0.6 is 0 Å². The lowest BCUT2D eigenvalue weighted by Crippen LogP contribution is -2.59. The van der Waals surface area contributed by atoms with Gasteiger partial charge in [-0.15, -0.1) is 0 Å². The molecule has 1 heterocycles. The number of nitrogens with two attached hydrogens (primary N) is 1. The first-order valence-corrected chi connectivity index (χ1v) is 6.59. The lowest BCUT2D eigenvalue weighted by molar-refractivity contribution is -0.131. The molecule has 0 saturated carbocycles. The Kier molecular flexibility index (Phi) is 2.84. The molecule has 1 aliphatic heterocycles. The van der Waals surface area contributed by atoms with Crippen LogP contribution in [0, 0.1) is 0 Å². The first-order chi connectivity index (χ1) is 8.75. The average Bonchev–Trinajstić information content (AvgIpc) is 2.80. The second-order valence-corrected chi connectivity index (χ2v) is 5.12. The molecule has 3 rings (SSSR count). The Bertz CT molecular complexity index is 468. The molecule has 1 aromatic carbocycles. The second-order valence-electron chi connectivity index (χ2n) is 5.12. The van der Waals surface area contributed by atoms with Crippen LogP contribution in [0.1, 0.15) is 17.5 Å². The van der Waals surface area contributed by atoms with Crippen molar-refractivity contribution < 1.29 is 4.79 Å². The van der Waals surface area contributed by atoms with Crippen LogP contribution in [-0.2, 0) is 16.8 Å². The van der Waals surface area contributed by atoms with Gasteiger partial charge in [0.05, 0.1) is 0 Å². The van der Waals surface area contributed by atoms with Gasteiger partial charge in [0.25, 0.3) is 0 Å². The summed E-state index contributed by atoms with van der Waals surface area (Å²) in [4.78, 5) is 14.4. The van der Waals surface area contributed by atoms with Gasteiger partial charge < -0.3 is 11.1 Å². The van der Waals surface area contributed by atoms with E-state index in [1.54, 1.807) is 0 Å². The summed E-state index contributed by atoms with van der Waals surface area (Å²) < 4.78 is 0. The summed E-state index contributed by atoms with van der Waals surface area (Å²) in [6.45, 7) is 3.63. The highest BCUT2D eigenvalue weighted by Crippen LogP contribution is 2.41. The van der Waals surface area contributed by atoms with Gasteiger partial charge in [0.2, 0.25) is 5.91 Å². The largest absolute Gasteiger partial charge is 0.368 e. The molecular formula is C14H19N3O. The van der Waals surface area contributed by atoms with E-state index >= 15 is 0 Å². The van der Waals surface area contributed by atoms with E-state index < -0.39 is 5.54 Å². The van der Waals surface area contributed by atoms with E-state index in [9.17, 15) is 4.79 Å². The molecule has 0 radical (unpaired) electrons. The van der Waals surface area contributed by atoms with Crippen molar-refractivity contribution in [3.05, 3.63) is 35.4 Å². The van der Waals surface area contributed by atoms with E-state index in [1.165, 1.54) is 5.56 Å². The maximum Gasteiger partial charge on any atom is 0.242 e. The van der Waals surface area contributed by atoms with Crippen LogP contribution in [0.25, 0.3) is 0 Å². The molecule has 18 heavy (non-hydrogen) atoms. The molecule has 1 aliphatic carbocycles. The molecule has 1 aromatic rings. The number of nitrogens with zero attached hydrogens (tertiary/aromatic N) is 1. The van der Waals surface area contributed by atoms with Gasteiger partial charge in [0, 0.05) is 26.2 Å². The predicted octanol–water partition coefficient (Wildman–Crippen LogP) is 0.219. The molecule has 1 unspecified atom stereocenters. The number of nitrogens with one attached hydrogen (secondary N) is 1. The third-order valence-corrected chi connectivity index (χ3v) is 4.28. The lowest BCUT2D eigenvalue weighted by Gasteiger charge is -2.42. The van der Waals surface area contributed by atoms with Crippen LogP contribution in [0.3, 0.4) is 0 Å². The molecule has 1 atom stereocenters. The summed E-state index contributed by atoms with van der Waals surface area (Å²) in [5, 5.41) is 3.32. The monoisotopic (exact) mass is 245 g/mol. The molecular weight excluding hydrogens is 226 g/mol. The maximum atomic E-state index is 12.1. The van der Waals surface area contributed by atoms with Crippen molar-refractivity contribution in [3.63, 3.8) is 0 Å². The van der Waals surface area contributed by atoms with Crippen molar-refractivity contribution in [3.8, 4) is 0 Å². The van der Waals surface area contributed by atoms with Gasteiger partial charge in [0.1, 0.15) is 5.54 Å². The zero-order chi connectivity index (χ0) is 12.6. The Balaban J connectivity index is 2.06. The summed E-state index contributed by atoms with van der Waals surface area (Å²) in [5.41, 5.74) is 7.60. The average molecular weight is 245 g/mol. The molecule has 2 aliphatic rings. The van der Waals surface area contributed by atoms with Crippen molar-refractivity contribution in [2.45, 2.75) is 18.4 Å². The zero-order valence-corrected chi connectivity index (χ0v) is 10.5. The third kappa shape index (κ3) is 1.56. The maximum absolute atomic E-state index is 12.1. The quantitative estimate of drug-likeness (QED) is 0.783. The standard InChI is InChI=1S/C14H19N3O/c15-13(18)14(17-9-7-16-8-10-17)6-5-11-3-1-2-4-12(11)14/h1-4,16H,5-10H2,(H2,15,18). The molecule has 0 spiro atoms. The van der Waals surface area contributed by atoms with Crippen molar-refractivity contribution >= 4 is 5.91 Å². The molecule has 4 heteroatoms. The number of aryl methyl sites for hydroxylation is 1. The fourth-order valence-corrected chi connectivity index (χ4v) is 3.38. The number of fused-ring (bicyclic) bond motifs is 1. The van der Waals surface area contributed by atoms with Crippen LogP contribution in [0.15, 0.2) is 24.3 Å². The Morgan fingerprint density at radius 1 is 1.28 bits per heavy atom. The highest BCUT2D eigenvalue weighted by molar-refractivity contribution is 5.87. The number of hydrogen-bond donors (Lipinski definition) is 2. The highest BCUT2D eigenvalue weighted by Gasteiger charge is 2.48. The minimum absolute atomic E-state index is 0.200. The number of carbonyl (C=O) groups is 1. The molecule has 0 aromatic heterocycles. The number of amides is 1. The summed E-state index contributed by atoms with van der Waals surface area (Å²) in [6.07, 6.45) is 1.77. The van der Waals surface area contributed by atoms with Crippen LogP contribution in [-0.4, -0.2) is 37.0 Å². The first kappa shape index (κ1) is 11.7. The van der Waals surface area contributed by atoms with Crippen molar-refractivity contribution in [1.29, 1.82) is 0 Å². The summed E-state index contributed by atoms with van der Waals surface area (Å²) >= 11 is 0. The highest BCUT2D eigenvalue weighted by atomic mass is 16.1. The van der Waals surface area contributed by atoms with E-state index in [4.69, 9.17) is 5.73 Å². The van der Waals surface area contributed by atoms with Gasteiger partial charge in [-0.05, 0) is 24.0 Å². The Morgan fingerprint density at radius 2 is 2.00 bits per heavy atom. The van der Waals surface area contributed by atoms with Crippen molar-refractivity contribution in [1.82, 2.24) is 10.2 Å². The summed E-state index contributed by atoms with van der Waals surface area (Å²) in [5.74, 6) is -0.200. The molecule has 3 N–H and O–H groups in total. The number of benzene rings is 1. The predicted molar refractivity (Wildman–Crippen MR) is 70.1 cm³/mol. The Labute approximate surface area is 107 Å². The van der Waals surface area contributed by atoms with Gasteiger partial charge in [-0.1, -0.05) is 24.3 Å². The van der Waals surface area contributed by atoms with Gasteiger partial charge >= 0.3 is 0 Å². The molecule has 1 amide bonds. The van der Waals surface area contributed by atoms with E-state index in [1.807, 2.05) is 12.1 Å². The van der Waals surface area contributed by atoms with Crippen molar-refractivity contribution in [2.24, 2.45) is 5.73 Å². The fourth-order valence-electron chi connectivity index (χ4n) is 3.38. The van der Waals surface area contributed by atoms with Gasteiger partial charge in [-0.3, -0.25) is 9.69 Å². The smallest absolute Gasteiger partial charge is 0.242 e. The third-order valence-electron chi connectivity index (χ3n) is 4.28. The van der Waals surface area contributed by atoms with E-state index in [0.29, 0.717) is 0 Å². The number of primary amides is 1. The minimum atomic E-state index is -0.571. The van der Waals surface area contributed by atoms with Crippen LogP contribution in [0.4, 0.5) is 0 Å². The van der Waals surface area contributed by atoms with E-state index in [2.05, 4.69) is 22.3 Å². The van der Waals surface area contributed by atoms with Crippen molar-refractivity contribution in [2.75, 3.05) is 26.2 Å². The van der Waals surface area contributed by atoms with E-state index in [-0.39, 0.29) is 5.91 Å². The molecule has 1 saturated heterocycles. The number of carbonyl (C=O) groups excluding carboxylic acids is 1. The summed E-state index contributed by atoms with van der Waals surface area (Å²) in [7, 11) is 0. The molecule has 0 bridgehead atoms. The van der Waals surface area contributed by atoms with Crippen LogP contribution in [0.5, 0.6) is 0 Å². The SMILES string of the molecule is NC(=O)C1(N2CCNCC2)CCc2ccccc21. The second kappa shape index (κ2) is 4.37. The number of piperazine rings is 1. The lowest BCUT2D eigenvalue weighted by atomic mass is 9.88. The Morgan fingerprint density at radius 3 is 2.72 bits per heavy atom. The molecule has 96 valence electrons. The minimum Gasteiger partial charge on any atom is -0.368 e. The van der Waals surface area contributed by atoms with Gasteiger partial charge in [-0.25, -0.2) is 0 Å².